The van der Waals surface area contributed by atoms with Gasteiger partial charge in [-0.1, -0.05) is 57.0 Å². The van der Waals surface area contributed by atoms with Crippen molar-refractivity contribution in [2.45, 2.75) is 94.3 Å². The normalized spacial score (nSPS) is 31.2. The predicted octanol–water partition coefficient (Wildman–Crippen LogP) is 2.57. The lowest BCUT2D eigenvalue weighted by Crippen LogP contribution is -2.55. The van der Waals surface area contributed by atoms with Crippen LogP contribution < -0.4 is 10.6 Å². The molecule has 0 radical (unpaired) electrons. The number of alkyl carbamates (subject to hydrolysis) is 1. The first kappa shape index (κ1) is 29.3. The van der Waals surface area contributed by atoms with Gasteiger partial charge in [-0.3, -0.25) is 9.69 Å². The number of nitrogens with one attached hydrogen (secondary N) is 2. The van der Waals surface area contributed by atoms with Crippen LogP contribution in [-0.4, -0.2) is 75.4 Å². The van der Waals surface area contributed by atoms with E-state index in [2.05, 4.69) is 24.5 Å². The lowest BCUT2D eigenvalue weighted by Gasteiger charge is -2.30. The molecule has 6 atom stereocenters. The number of hydrogen-bond donors (Lipinski definition) is 3. The minimum absolute atomic E-state index is 0.124. The number of hydrogen-bond acceptors (Lipinski definition) is 6. The number of aldehydes is 1. The molecule has 0 saturated carbocycles. The number of nitrogens with zero attached hydrogens (tertiary/aromatic N) is 1. The number of aliphatic hydroxyl groups is 1. The molecule has 2 aliphatic heterocycles. The van der Waals surface area contributed by atoms with Crippen molar-refractivity contribution in [1.82, 2.24) is 15.5 Å². The van der Waals surface area contributed by atoms with Crippen molar-refractivity contribution in [2.75, 3.05) is 14.1 Å². The third kappa shape index (κ3) is 8.38. The number of aliphatic hydroxyl groups excluding tert-OH is 1. The fourth-order valence-electron chi connectivity index (χ4n) is 5.65. The Hall–Kier alpha value is -2.23. The Morgan fingerprint density at radius 3 is 2.51 bits per heavy atom. The third-order valence-corrected chi connectivity index (χ3v) is 10.4. The summed E-state index contributed by atoms with van der Waals surface area (Å²) in [6.07, 6.45) is 5.22. The SMILES string of the molecule is CC(C)C[C@H]1[SiH2][C@]12NC(=O)OC(Cc1ccccc1)CCCCCC(C(O)N(C)C)C[C@@H](C=O)NC2=O. The molecule has 3 N–H and O–H groups in total. The highest BCUT2D eigenvalue weighted by Crippen LogP contribution is 2.45. The van der Waals surface area contributed by atoms with Crippen LogP contribution in [0, 0.1) is 11.8 Å². The molecule has 1 aromatic carbocycles. The number of amides is 2. The lowest BCUT2D eigenvalue weighted by molar-refractivity contribution is -0.126. The second-order valence-corrected chi connectivity index (χ2v) is 14.1. The molecule has 2 amide bonds. The quantitative estimate of drug-likeness (QED) is 0.284. The average Bonchev–Trinajstić information content (AvgIpc) is 3.53. The topological polar surface area (TPSA) is 108 Å². The van der Waals surface area contributed by atoms with Crippen molar-refractivity contribution in [3.63, 3.8) is 0 Å². The Morgan fingerprint density at radius 1 is 1.16 bits per heavy atom. The summed E-state index contributed by atoms with van der Waals surface area (Å²) < 4.78 is 5.93. The van der Waals surface area contributed by atoms with Crippen LogP contribution in [0.2, 0.25) is 5.54 Å². The van der Waals surface area contributed by atoms with Crippen molar-refractivity contribution in [2.24, 2.45) is 11.8 Å². The molecular formula is C28H45N3O5Si. The summed E-state index contributed by atoms with van der Waals surface area (Å²) >= 11 is 0. The van der Waals surface area contributed by atoms with Gasteiger partial charge in [0.05, 0.1) is 15.6 Å². The van der Waals surface area contributed by atoms with Crippen LogP contribution in [0.3, 0.4) is 0 Å². The number of carbonyl (C=O) groups excluding carboxylic acids is 3. The van der Waals surface area contributed by atoms with E-state index >= 15 is 0 Å². The zero-order chi connectivity index (χ0) is 27.0. The van der Waals surface area contributed by atoms with Gasteiger partial charge in [0, 0.05) is 12.3 Å². The minimum atomic E-state index is -0.944. The number of cyclic esters (lactones) is 1. The maximum Gasteiger partial charge on any atom is 0.408 e. The third-order valence-electron chi connectivity index (χ3n) is 7.76. The molecule has 1 aromatic rings. The first-order valence-corrected chi connectivity index (χ1v) is 15.3. The zero-order valence-corrected chi connectivity index (χ0v) is 24.2. The van der Waals surface area contributed by atoms with Crippen LogP contribution in [-0.2, 0) is 20.7 Å². The molecule has 3 unspecified atom stereocenters. The number of benzene rings is 1. The maximum absolute atomic E-state index is 13.5. The van der Waals surface area contributed by atoms with Gasteiger partial charge >= 0.3 is 6.09 Å². The molecule has 2 aliphatic rings. The Balaban J connectivity index is 1.83. The first-order chi connectivity index (χ1) is 17.6. The van der Waals surface area contributed by atoms with E-state index in [-0.39, 0.29) is 23.5 Å². The van der Waals surface area contributed by atoms with Gasteiger partial charge in [-0.25, -0.2) is 4.79 Å². The van der Waals surface area contributed by atoms with Crippen LogP contribution >= 0.6 is 0 Å². The smallest absolute Gasteiger partial charge is 0.408 e. The monoisotopic (exact) mass is 531 g/mol. The van der Waals surface area contributed by atoms with Gasteiger partial charge < -0.3 is 25.3 Å². The molecule has 0 aromatic heterocycles. The van der Waals surface area contributed by atoms with Gasteiger partial charge in [0.15, 0.2) is 0 Å². The van der Waals surface area contributed by atoms with E-state index in [4.69, 9.17) is 4.74 Å². The van der Waals surface area contributed by atoms with Gasteiger partial charge in [-0.2, -0.15) is 0 Å². The van der Waals surface area contributed by atoms with E-state index in [1.807, 2.05) is 44.4 Å². The van der Waals surface area contributed by atoms with Crippen molar-refractivity contribution < 1.29 is 24.2 Å². The molecule has 9 heteroatoms. The fourth-order valence-corrected chi connectivity index (χ4v) is 8.13. The molecule has 2 fully saturated rings. The highest BCUT2D eigenvalue weighted by atomic mass is 28.2. The summed E-state index contributed by atoms with van der Waals surface area (Å²) in [7, 11) is 2.69. The molecule has 0 aliphatic carbocycles. The van der Waals surface area contributed by atoms with Crippen LogP contribution in [0.1, 0.15) is 64.4 Å². The lowest BCUT2D eigenvalue weighted by atomic mass is 9.91. The summed E-state index contributed by atoms with van der Waals surface area (Å²) in [4.78, 5) is 40.4. The van der Waals surface area contributed by atoms with Crippen molar-refractivity contribution in [3.05, 3.63) is 35.9 Å². The van der Waals surface area contributed by atoms with E-state index in [1.54, 1.807) is 4.90 Å². The van der Waals surface area contributed by atoms with E-state index in [9.17, 15) is 19.5 Å². The molecule has 0 bridgehead atoms. The molecule has 3 rings (SSSR count). The second kappa shape index (κ2) is 13.5. The summed E-state index contributed by atoms with van der Waals surface area (Å²) in [5.41, 5.74) is 1.23. The van der Waals surface area contributed by atoms with Crippen LogP contribution in [0.25, 0.3) is 0 Å². The number of carbonyl (C=O) groups is 3. The molecule has 37 heavy (non-hydrogen) atoms. The van der Waals surface area contributed by atoms with Crippen molar-refractivity contribution in [3.8, 4) is 0 Å². The summed E-state index contributed by atoms with van der Waals surface area (Å²) in [5.74, 6) is -0.0432. The van der Waals surface area contributed by atoms with E-state index < -0.39 is 33.0 Å². The number of rotatable bonds is 7. The van der Waals surface area contributed by atoms with Crippen LogP contribution in [0.5, 0.6) is 0 Å². The Bertz CT molecular complexity index is 899. The van der Waals surface area contributed by atoms with E-state index in [0.29, 0.717) is 18.8 Å². The Kier molecular flexibility index (Phi) is 10.7. The largest absolute Gasteiger partial charge is 0.446 e. The van der Waals surface area contributed by atoms with Crippen molar-refractivity contribution in [1.29, 1.82) is 0 Å². The molecule has 1 spiro atoms. The summed E-state index contributed by atoms with van der Waals surface area (Å²) in [6, 6.07) is 9.27. The van der Waals surface area contributed by atoms with E-state index in [0.717, 1.165) is 50.4 Å². The van der Waals surface area contributed by atoms with Gasteiger partial charge in [-0.15, -0.1) is 0 Å². The first-order valence-electron chi connectivity index (χ1n) is 13.8. The van der Waals surface area contributed by atoms with Gasteiger partial charge in [0.1, 0.15) is 23.8 Å². The summed E-state index contributed by atoms with van der Waals surface area (Å²) in [5, 5.41) is 15.8. The fraction of sp³-hybridized carbons (Fsp3) is 0.679. The Morgan fingerprint density at radius 2 is 1.86 bits per heavy atom. The second-order valence-electron chi connectivity index (χ2n) is 11.6. The highest BCUT2D eigenvalue weighted by Gasteiger charge is 2.61. The highest BCUT2D eigenvalue weighted by molar-refractivity contribution is 6.65. The minimum Gasteiger partial charge on any atom is -0.446 e. The molecule has 206 valence electrons. The van der Waals surface area contributed by atoms with Gasteiger partial charge in [0.25, 0.3) is 0 Å². The van der Waals surface area contributed by atoms with Crippen LogP contribution in [0.15, 0.2) is 30.3 Å². The average molecular weight is 532 g/mol. The molecule has 2 heterocycles. The molecular weight excluding hydrogens is 486 g/mol. The summed E-state index contributed by atoms with van der Waals surface area (Å²) in [6.45, 7) is 4.22. The van der Waals surface area contributed by atoms with Crippen molar-refractivity contribution >= 4 is 27.8 Å². The standard InChI is InChI=1S/C28H45N3O5Si/c1-19(2)15-24-28(37-24)26(34)29-22(18-32)17-21(25(33)31(3)4)13-9-6-10-14-23(36-27(35)30-28)16-20-11-7-5-8-12-20/h5,7-8,11-12,18-19,21-25,33H,6,9-10,13-17,37H2,1-4H3,(H,29,34)(H,30,35)/t21?,22-,23?,24+,25?,28+/m0/s1. The van der Waals surface area contributed by atoms with Crippen LogP contribution in [0.4, 0.5) is 4.79 Å². The number of ether oxygens (including phenoxy) is 1. The molecule has 8 nitrogen and oxygen atoms in total. The molecule has 2 saturated heterocycles. The zero-order valence-electron chi connectivity index (χ0n) is 22.8. The maximum atomic E-state index is 13.5. The van der Waals surface area contributed by atoms with E-state index in [1.165, 1.54) is 0 Å². The Labute approximate surface area is 223 Å². The van der Waals surface area contributed by atoms with Gasteiger partial charge in [-0.05, 0) is 63.2 Å². The predicted molar refractivity (Wildman–Crippen MR) is 147 cm³/mol. The van der Waals surface area contributed by atoms with Gasteiger partial charge in [0.2, 0.25) is 5.91 Å².